The largest absolute Gasteiger partial charge is 0.382 e. The Hall–Kier alpha value is -3.73. The highest BCUT2D eigenvalue weighted by Gasteiger charge is 2.17. The zero-order valence-electron chi connectivity index (χ0n) is 15.2. The minimum Gasteiger partial charge on any atom is -0.382 e. The summed E-state index contributed by atoms with van der Waals surface area (Å²) < 4.78 is 0. The first-order valence-electron chi connectivity index (χ1n) is 8.23. The number of rotatable bonds is 2. The number of carbonyl (C=O) groups excluding carboxylic acids is 1. The molecule has 3 heterocycles. The third-order valence-corrected chi connectivity index (χ3v) is 3.63. The van der Waals surface area contributed by atoms with Crippen LogP contribution in [0.4, 0.5) is 11.6 Å². The molecular formula is C19H19N7O. The van der Waals surface area contributed by atoms with Gasteiger partial charge in [0.15, 0.2) is 5.82 Å². The van der Waals surface area contributed by atoms with Crippen LogP contribution in [0.5, 0.6) is 0 Å². The quantitative estimate of drug-likeness (QED) is 0.601. The van der Waals surface area contributed by atoms with E-state index in [0.717, 1.165) is 5.69 Å². The highest BCUT2D eigenvalue weighted by Crippen LogP contribution is 2.22. The molecule has 0 radical (unpaired) electrons. The van der Waals surface area contributed by atoms with Crippen molar-refractivity contribution in [3.63, 3.8) is 0 Å². The summed E-state index contributed by atoms with van der Waals surface area (Å²) in [6.45, 7) is 6.18. The summed E-state index contributed by atoms with van der Waals surface area (Å²) in [7, 11) is 0. The third-order valence-electron chi connectivity index (χ3n) is 3.63. The fraction of sp³-hybridized carbons (Fsp3) is 0.211. The first kappa shape index (κ1) is 18.1. The fourth-order valence-electron chi connectivity index (χ4n) is 2.13. The number of aromatic amines is 1. The van der Waals surface area contributed by atoms with Crippen molar-refractivity contribution in [1.29, 1.82) is 0 Å². The first-order valence-corrected chi connectivity index (χ1v) is 8.23. The number of nitrogens with zero attached hydrogens (tertiary/aromatic N) is 4. The summed E-state index contributed by atoms with van der Waals surface area (Å²) in [6.07, 6.45) is 5.96. The van der Waals surface area contributed by atoms with Crippen molar-refractivity contribution in [2.45, 2.75) is 26.2 Å². The van der Waals surface area contributed by atoms with E-state index in [-0.39, 0.29) is 11.3 Å². The van der Waals surface area contributed by atoms with Crippen LogP contribution in [0.1, 0.15) is 48.1 Å². The van der Waals surface area contributed by atoms with Crippen LogP contribution in [0, 0.1) is 11.8 Å². The molecule has 3 aromatic rings. The Morgan fingerprint density at radius 2 is 1.93 bits per heavy atom. The van der Waals surface area contributed by atoms with Gasteiger partial charge in [-0.05, 0) is 12.0 Å². The van der Waals surface area contributed by atoms with Gasteiger partial charge in [-0.2, -0.15) is 5.10 Å². The van der Waals surface area contributed by atoms with Crippen LogP contribution in [-0.4, -0.2) is 31.1 Å². The van der Waals surface area contributed by atoms with Crippen molar-refractivity contribution in [3.05, 3.63) is 59.4 Å². The van der Waals surface area contributed by atoms with E-state index in [1.807, 2.05) is 6.07 Å². The van der Waals surface area contributed by atoms with E-state index in [2.05, 4.69) is 63.1 Å². The molecule has 0 saturated carbocycles. The SMILES string of the molecule is CC(C)(C)c1cc(NC(=O)c2cncc(C#Cc3cnc(N)cn3)c2)n[nH]1. The van der Waals surface area contributed by atoms with Gasteiger partial charge in [-0.25, -0.2) is 9.97 Å². The molecule has 27 heavy (non-hydrogen) atoms. The maximum atomic E-state index is 12.4. The molecule has 1 amide bonds. The van der Waals surface area contributed by atoms with E-state index in [1.54, 1.807) is 12.3 Å². The molecule has 0 bridgehead atoms. The maximum Gasteiger partial charge on any atom is 0.258 e. The Morgan fingerprint density at radius 1 is 1.11 bits per heavy atom. The normalized spacial score (nSPS) is 10.8. The topological polar surface area (TPSA) is 122 Å². The third kappa shape index (κ3) is 4.67. The highest BCUT2D eigenvalue weighted by atomic mass is 16.1. The lowest BCUT2D eigenvalue weighted by Crippen LogP contribution is -2.13. The van der Waals surface area contributed by atoms with Crippen LogP contribution < -0.4 is 11.1 Å². The molecule has 0 aliphatic heterocycles. The number of amides is 1. The predicted molar refractivity (Wildman–Crippen MR) is 102 cm³/mol. The highest BCUT2D eigenvalue weighted by molar-refractivity contribution is 6.03. The molecule has 0 aliphatic rings. The average molecular weight is 361 g/mol. The molecule has 0 atom stereocenters. The minimum atomic E-state index is -0.314. The molecule has 8 nitrogen and oxygen atoms in total. The van der Waals surface area contributed by atoms with Crippen molar-refractivity contribution in [2.24, 2.45) is 0 Å². The van der Waals surface area contributed by atoms with Gasteiger partial charge in [0, 0.05) is 35.1 Å². The van der Waals surface area contributed by atoms with Crippen LogP contribution in [0.15, 0.2) is 36.9 Å². The van der Waals surface area contributed by atoms with Crippen molar-refractivity contribution >= 4 is 17.5 Å². The number of hydrogen-bond acceptors (Lipinski definition) is 6. The Bertz CT molecular complexity index is 1020. The van der Waals surface area contributed by atoms with E-state index in [1.165, 1.54) is 18.6 Å². The average Bonchev–Trinajstić information content (AvgIpc) is 3.10. The molecule has 8 heteroatoms. The predicted octanol–water partition coefficient (Wildman–Crippen LogP) is 2.13. The van der Waals surface area contributed by atoms with Gasteiger partial charge in [0.2, 0.25) is 0 Å². The molecule has 4 N–H and O–H groups in total. The second-order valence-electron chi connectivity index (χ2n) is 6.91. The van der Waals surface area contributed by atoms with E-state index < -0.39 is 0 Å². The monoisotopic (exact) mass is 361 g/mol. The molecule has 3 rings (SSSR count). The molecule has 0 fully saturated rings. The fourth-order valence-corrected chi connectivity index (χ4v) is 2.13. The van der Waals surface area contributed by atoms with Crippen LogP contribution in [0.3, 0.4) is 0 Å². The number of hydrogen-bond donors (Lipinski definition) is 3. The van der Waals surface area contributed by atoms with Crippen LogP contribution >= 0.6 is 0 Å². The number of anilines is 2. The number of nitrogen functional groups attached to an aromatic ring is 1. The van der Waals surface area contributed by atoms with Crippen LogP contribution in [0.25, 0.3) is 0 Å². The van der Waals surface area contributed by atoms with Crippen molar-refractivity contribution < 1.29 is 4.79 Å². The zero-order chi connectivity index (χ0) is 19.4. The second-order valence-corrected chi connectivity index (χ2v) is 6.91. The van der Waals surface area contributed by atoms with Gasteiger partial charge >= 0.3 is 0 Å². The zero-order valence-corrected chi connectivity index (χ0v) is 15.2. The number of nitrogens with one attached hydrogen (secondary N) is 2. The van der Waals surface area contributed by atoms with Crippen molar-refractivity contribution in [3.8, 4) is 11.8 Å². The Labute approximate surface area is 156 Å². The molecule has 0 saturated heterocycles. The summed E-state index contributed by atoms with van der Waals surface area (Å²) in [5, 5.41) is 9.81. The Balaban J connectivity index is 1.74. The molecule has 0 unspecified atom stereocenters. The van der Waals surface area contributed by atoms with Crippen molar-refractivity contribution in [2.75, 3.05) is 11.1 Å². The summed E-state index contributed by atoms with van der Waals surface area (Å²) in [4.78, 5) is 24.5. The molecule has 0 aromatic carbocycles. The standard InChI is InChI=1S/C19H19N7O/c1-19(2,3)15-7-17(26-25-15)24-18(27)13-6-12(8-21-9-13)4-5-14-10-23-16(20)11-22-14/h6-11H,1-3H3,(H2,20,23)(H2,24,25,26,27). The molecule has 136 valence electrons. The van der Waals surface area contributed by atoms with Gasteiger partial charge in [0.1, 0.15) is 11.5 Å². The molecule has 0 aliphatic carbocycles. The first-order chi connectivity index (χ1) is 12.8. The molecule has 0 spiro atoms. The van der Waals surface area contributed by atoms with E-state index in [4.69, 9.17) is 5.73 Å². The smallest absolute Gasteiger partial charge is 0.258 e. The summed E-state index contributed by atoms with van der Waals surface area (Å²) in [5.41, 5.74) is 7.78. The van der Waals surface area contributed by atoms with Gasteiger partial charge in [0.25, 0.3) is 5.91 Å². The lowest BCUT2D eigenvalue weighted by atomic mass is 9.92. The lowest BCUT2D eigenvalue weighted by molar-refractivity contribution is 0.102. The Kier molecular flexibility index (Phi) is 4.86. The number of pyridine rings is 1. The van der Waals surface area contributed by atoms with Crippen LogP contribution in [-0.2, 0) is 5.41 Å². The van der Waals surface area contributed by atoms with Gasteiger partial charge in [-0.15, -0.1) is 0 Å². The Morgan fingerprint density at radius 3 is 2.59 bits per heavy atom. The molecule has 3 aromatic heterocycles. The van der Waals surface area contributed by atoms with Gasteiger partial charge < -0.3 is 11.1 Å². The second kappa shape index (κ2) is 7.25. The van der Waals surface area contributed by atoms with Crippen molar-refractivity contribution in [1.82, 2.24) is 25.1 Å². The van der Waals surface area contributed by atoms with E-state index in [9.17, 15) is 4.79 Å². The van der Waals surface area contributed by atoms with Crippen LogP contribution in [0.2, 0.25) is 0 Å². The van der Waals surface area contributed by atoms with E-state index >= 15 is 0 Å². The number of nitrogens with two attached hydrogens (primary N) is 1. The lowest BCUT2D eigenvalue weighted by Gasteiger charge is -2.14. The molecular weight excluding hydrogens is 342 g/mol. The minimum absolute atomic E-state index is 0.0853. The van der Waals surface area contributed by atoms with Gasteiger partial charge in [-0.3, -0.25) is 14.9 Å². The van der Waals surface area contributed by atoms with Gasteiger partial charge in [0.05, 0.1) is 18.0 Å². The summed E-state index contributed by atoms with van der Waals surface area (Å²) in [5.74, 6) is 6.23. The summed E-state index contributed by atoms with van der Waals surface area (Å²) in [6, 6.07) is 3.46. The number of carbonyl (C=O) groups is 1. The maximum absolute atomic E-state index is 12.4. The summed E-state index contributed by atoms with van der Waals surface area (Å²) >= 11 is 0. The van der Waals surface area contributed by atoms with Gasteiger partial charge in [-0.1, -0.05) is 26.7 Å². The van der Waals surface area contributed by atoms with E-state index in [0.29, 0.717) is 28.5 Å². The number of H-pyrrole nitrogens is 1. The number of aromatic nitrogens is 5.